The first-order valence-corrected chi connectivity index (χ1v) is 7.67. The molecule has 0 aliphatic rings. The third-order valence-corrected chi connectivity index (χ3v) is 3.52. The lowest BCUT2D eigenvalue weighted by atomic mass is 10.1. The lowest BCUT2D eigenvalue weighted by Gasteiger charge is -2.10. The number of ether oxygens (including phenoxy) is 1. The van der Waals surface area contributed by atoms with Crippen molar-refractivity contribution in [3.63, 3.8) is 0 Å². The van der Waals surface area contributed by atoms with Gasteiger partial charge in [-0.15, -0.1) is 0 Å². The van der Waals surface area contributed by atoms with Crippen molar-refractivity contribution < 1.29 is 14.6 Å². The maximum Gasteiger partial charge on any atom is 0.317 e. The molecule has 2 aromatic carbocycles. The molecular formula is C16H16Cl2N2O3. The maximum atomic E-state index is 11.6. The molecule has 0 aliphatic carbocycles. The van der Waals surface area contributed by atoms with Gasteiger partial charge in [0.25, 0.3) is 0 Å². The number of benzene rings is 2. The summed E-state index contributed by atoms with van der Waals surface area (Å²) in [6.45, 7) is 0.463. The number of halogens is 2. The highest BCUT2D eigenvalue weighted by Crippen LogP contribution is 2.27. The van der Waals surface area contributed by atoms with Crippen LogP contribution in [0.3, 0.4) is 0 Å². The van der Waals surface area contributed by atoms with E-state index in [9.17, 15) is 9.90 Å². The minimum Gasteiger partial charge on any atom is -0.508 e. The van der Waals surface area contributed by atoms with E-state index in [1.54, 1.807) is 42.5 Å². The number of carbonyl (C=O) groups is 1. The van der Waals surface area contributed by atoms with Crippen LogP contribution in [-0.4, -0.2) is 24.4 Å². The first kappa shape index (κ1) is 17.2. The van der Waals surface area contributed by atoms with Crippen molar-refractivity contribution in [2.75, 3.05) is 13.3 Å². The van der Waals surface area contributed by atoms with Gasteiger partial charge in [-0.2, -0.15) is 0 Å². The van der Waals surface area contributed by atoms with Gasteiger partial charge in [0.1, 0.15) is 11.5 Å². The average Bonchev–Trinajstić information content (AvgIpc) is 2.51. The van der Waals surface area contributed by atoms with E-state index in [1.807, 2.05) is 0 Å². The molecule has 0 saturated carbocycles. The number of hydrogen-bond donors (Lipinski definition) is 3. The van der Waals surface area contributed by atoms with Gasteiger partial charge in [-0.1, -0.05) is 35.3 Å². The molecule has 0 atom stereocenters. The number of nitrogens with one attached hydrogen (secondary N) is 2. The van der Waals surface area contributed by atoms with E-state index in [4.69, 9.17) is 27.9 Å². The lowest BCUT2D eigenvalue weighted by molar-refractivity contribution is 0.224. The third kappa shape index (κ3) is 5.88. The molecule has 0 saturated heterocycles. The predicted molar refractivity (Wildman–Crippen MR) is 90.3 cm³/mol. The molecule has 0 unspecified atom stereocenters. The summed E-state index contributed by atoms with van der Waals surface area (Å²) in [5.74, 6) is 0.665. The van der Waals surface area contributed by atoms with Gasteiger partial charge in [0.05, 0.1) is 5.02 Å². The van der Waals surface area contributed by atoms with Crippen molar-refractivity contribution >= 4 is 29.2 Å². The fourth-order valence-electron chi connectivity index (χ4n) is 1.82. The van der Waals surface area contributed by atoms with Crippen LogP contribution in [0.1, 0.15) is 5.56 Å². The van der Waals surface area contributed by atoms with Crippen LogP contribution in [-0.2, 0) is 6.42 Å². The second-order valence-corrected chi connectivity index (χ2v) is 5.56. The first-order valence-electron chi connectivity index (χ1n) is 6.92. The molecule has 2 amide bonds. The van der Waals surface area contributed by atoms with Gasteiger partial charge < -0.3 is 20.5 Å². The van der Waals surface area contributed by atoms with Crippen LogP contribution in [0, 0.1) is 0 Å². The monoisotopic (exact) mass is 354 g/mol. The van der Waals surface area contributed by atoms with E-state index >= 15 is 0 Å². The summed E-state index contributed by atoms with van der Waals surface area (Å²) in [6, 6.07) is 11.3. The molecule has 122 valence electrons. The molecule has 0 heterocycles. The number of rotatable bonds is 6. The zero-order valence-corrected chi connectivity index (χ0v) is 13.7. The number of carbonyl (C=O) groups excluding carboxylic acids is 1. The van der Waals surface area contributed by atoms with Crippen molar-refractivity contribution in [1.29, 1.82) is 0 Å². The van der Waals surface area contributed by atoms with Crippen molar-refractivity contribution in [1.82, 2.24) is 10.6 Å². The SMILES string of the molecule is O=C(NCCc1ccc(O)cc1)NCOc1ccc(Cl)cc1Cl. The molecule has 0 fully saturated rings. The summed E-state index contributed by atoms with van der Waals surface area (Å²) in [6.07, 6.45) is 0.664. The van der Waals surface area contributed by atoms with E-state index in [1.165, 1.54) is 0 Å². The van der Waals surface area contributed by atoms with E-state index in [-0.39, 0.29) is 18.5 Å². The Balaban J connectivity index is 1.66. The Morgan fingerprint density at radius 2 is 1.83 bits per heavy atom. The summed E-state index contributed by atoms with van der Waals surface area (Å²) in [5, 5.41) is 15.4. The minimum atomic E-state index is -0.339. The topological polar surface area (TPSA) is 70.6 Å². The molecule has 0 bridgehead atoms. The van der Waals surface area contributed by atoms with E-state index in [2.05, 4.69) is 10.6 Å². The van der Waals surface area contributed by atoms with E-state index in [0.717, 1.165) is 5.56 Å². The summed E-state index contributed by atoms with van der Waals surface area (Å²) >= 11 is 11.7. The van der Waals surface area contributed by atoms with Gasteiger partial charge >= 0.3 is 6.03 Å². The van der Waals surface area contributed by atoms with Crippen LogP contribution < -0.4 is 15.4 Å². The summed E-state index contributed by atoms with van der Waals surface area (Å²) in [4.78, 5) is 11.6. The number of aromatic hydroxyl groups is 1. The quantitative estimate of drug-likeness (QED) is 0.694. The summed E-state index contributed by atoms with van der Waals surface area (Å²) < 4.78 is 5.35. The van der Waals surface area contributed by atoms with Crippen LogP contribution >= 0.6 is 23.2 Å². The zero-order valence-electron chi connectivity index (χ0n) is 12.2. The Morgan fingerprint density at radius 3 is 2.52 bits per heavy atom. The largest absolute Gasteiger partial charge is 0.508 e. The highest BCUT2D eigenvalue weighted by Gasteiger charge is 2.04. The maximum absolute atomic E-state index is 11.6. The summed E-state index contributed by atoms with van der Waals surface area (Å²) in [7, 11) is 0. The van der Waals surface area contributed by atoms with Crippen molar-refractivity contribution in [2.45, 2.75) is 6.42 Å². The molecule has 0 spiro atoms. The second kappa shape index (κ2) is 8.50. The van der Waals surface area contributed by atoms with Crippen LogP contribution in [0.4, 0.5) is 4.79 Å². The molecule has 2 rings (SSSR count). The molecule has 3 N–H and O–H groups in total. The third-order valence-electron chi connectivity index (χ3n) is 2.99. The van der Waals surface area contributed by atoms with E-state index in [0.29, 0.717) is 28.8 Å². The molecule has 23 heavy (non-hydrogen) atoms. The molecule has 2 aromatic rings. The van der Waals surface area contributed by atoms with Gasteiger partial charge in [-0.25, -0.2) is 4.79 Å². The Bertz CT molecular complexity index is 663. The van der Waals surface area contributed by atoms with Gasteiger partial charge in [0.2, 0.25) is 0 Å². The standard InChI is InChI=1S/C16H16Cl2N2O3/c17-12-3-6-15(14(18)9-12)23-10-20-16(22)19-8-7-11-1-4-13(21)5-2-11/h1-6,9,21H,7-8,10H2,(H2,19,20,22). The second-order valence-electron chi connectivity index (χ2n) is 4.71. The van der Waals surface area contributed by atoms with Gasteiger partial charge in [-0.3, -0.25) is 0 Å². The molecule has 0 radical (unpaired) electrons. The number of phenols is 1. The van der Waals surface area contributed by atoms with Crippen LogP contribution in [0.5, 0.6) is 11.5 Å². The molecule has 0 aliphatic heterocycles. The number of hydrogen-bond acceptors (Lipinski definition) is 3. The van der Waals surface area contributed by atoms with Crippen molar-refractivity contribution in [3.05, 3.63) is 58.1 Å². The van der Waals surface area contributed by atoms with Crippen molar-refractivity contribution in [2.24, 2.45) is 0 Å². The average molecular weight is 355 g/mol. The zero-order chi connectivity index (χ0) is 16.7. The molecule has 5 nitrogen and oxygen atoms in total. The molecule has 7 heteroatoms. The van der Waals surface area contributed by atoms with Crippen LogP contribution in [0.2, 0.25) is 10.0 Å². The van der Waals surface area contributed by atoms with Gasteiger partial charge in [0, 0.05) is 11.6 Å². The van der Waals surface area contributed by atoms with Crippen molar-refractivity contribution in [3.8, 4) is 11.5 Å². The molecule has 0 aromatic heterocycles. The fraction of sp³-hybridized carbons (Fsp3) is 0.188. The minimum absolute atomic E-state index is 0.00754. The van der Waals surface area contributed by atoms with Gasteiger partial charge in [-0.05, 0) is 42.3 Å². The Hall–Kier alpha value is -2.11. The smallest absolute Gasteiger partial charge is 0.317 e. The number of urea groups is 1. The first-order chi connectivity index (χ1) is 11.0. The number of amides is 2. The summed E-state index contributed by atoms with van der Waals surface area (Å²) in [5.41, 5.74) is 1.02. The Morgan fingerprint density at radius 1 is 1.09 bits per heavy atom. The highest BCUT2D eigenvalue weighted by atomic mass is 35.5. The van der Waals surface area contributed by atoms with E-state index < -0.39 is 0 Å². The lowest BCUT2D eigenvalue weighted by Crippen LogP contribution is -2.38. The Kier molecular flexibility index (Phi) is 6.38. The normalized spacial score (nSPS) is 10.2. The fourth-order valence-corrected chi connectivity index (χ4v) is 2.28. The van der Waals surface area contributed by atoms with Crippen LogP contribution in [0.15, 0.2) is 42.5 Å². The molecular weight excluding hydrogens is 339 g/mol. The Labute approximate surface area is 144 Å². The van der Waals surface area contributed by atoms with Gasteiger partial charge in [0.15, 0.2) is 6.73 Å². The predicted octanol–water partition coefficient (Wildman–Crippen LogP) is 3.58. The number of phenolic OH excluding ortho intramolecular Hbond substituents is 1. The van der Waals surface area contributed by atoms with Crippen LogP contribution in [0.25, 0.3) is 0 Å². The highest BCUT2D eigenvalue weighted by molar-refractivity contribution is 6.35.